The van der Waals surface area contributed by atoms with Crippen LogP contribution in [0.2, 0.25) is 10.0 Å². The molecule has 1 aliphatic heterocycles. The maximum absolute atomic E-state index is 12.9. The van der Waals surface area contributed by atoms with Crippen LogP contribution >= 0.6 is 23.2 Å². The molecule has 1 amide bonds. The molecule has 0 aromatic heterocycles. The summed E-state index contributed by atoms with van der Waals surface area (Å²) in [5, 5.41) is 6.82. The van der Waals surface area contributed by atoms with Crippen LogP contribution in [0, 0.1) is 0 Å². The van der Waals surface area contributed by atoms with Crippen LogP contribution in [0.25, 0.3) is 0 Å². The molecule has 0 saturated heterocycles. The SMILES string of the molecule is COC(=O)C1(NC(=O)Cc2ccc(CCCN)cc2)CCNc2cc(Cl)cc(Cl)c21. The molecule has 0 radical (unpaired) electrons. The average molecular weight is 450 g/mol. The molecule has 3 rings (SSSR count). The standard InChI is InChI=1S/C22H25Cl2N3O3/c1-30-21(29)22(8-10-26-18-13-16(23)12-17(24)20(18)22)27-19(28)11-15-6-4-14(5-7-15)3-2-9-25/h4-7,12-13,26H,2-3,8-11,25H2,1H3,(H,27,28). The summed E-state index contributed by atoms with van der Waals surface area (Å²) in [7, 11) is 1.29. The molecule has 0 saturated carbocycles. The lowest BCUT2D eigenvalue weighted by molar-refractivity contribution is -0.152. The summed E-state index contributed by atoms with van der Waals surface area (Å²) in [6.07, 6.45) is 2.25. The summed E-state index contributed by atoms with van der Waals surface area (Å²) in [6.45, 7) is 1.10. The van der Waals surface area contributed by atoms with Gasteiger partial charge in [0.05, 0.1) is 18.6 Å². The van der Waals surface area contributed by atoms with E-state index in [4.69, 9.17) is 33.7 Å². The molecule has 2 aromatic rings. The highest BCUT2D eigenvalue weighted by Crippen LogP contribution is 2.42. The highest BCUT2D eigenvalue weighted by molar-refractivity contribution is 6.36. The summed E-state index contributed by atoms with van der Waals surface area (Å²) in [4.78, 5) is 25.8. The second-order valence-corrected chi connectivity index (χ2v) is 8.16. The Morgan fingerprint density at radius 1 is 1.20 bits per heavy atom. The smallest absolute Gasteiger partial charge is 0.336 e. The van der Waals surface area contributed by atoms with Crippen molar-refractivity contribution in [2.45, 2.75) is 31.2 Å². The Kier molecular flexibility index (Phi) is 7.23. The molecule has 4 N–H and O–H groups in total. The van der Waals surface area contributed by atoms with Gasteiger partial charge in [-0.05, 0) is 42.6 Å². The predicted octanol–water partition coefficient (Wildman–Crippen LogP) is 3.43. The number of carbonyl (C=O) groups excluding carboxylic acids is 2. The zero-order valence-corrected chi connectivity index (χ0v) is 18.3. The Hall–Kier alpha value is -2.28. The molecule has 1 heterocycles. The van der Waals surface area contributed by atoms with Gasteiger partial charge in [-0.25, -0.2) is 4.79 Å². The monoisotopic (exact) mass is 449 g/mol. The number of amides is 1. The average Bonchev–Trinajstić information content (AvgIpc) is 2.72. The van der Waals surface area contributed by atoms with E-state index in [-0.39, 0.29) is 12.3 Å². The maximum atomic E-state index is 12.9. The van der Waals surface area contributed by atoms with Crippen molar-refractivity contribution in [3.63, 3.8) is 0 Å². The molecule has 0 aliphatic carbocycles. The van der Waals surface area contributed by atoms with Crippen LogP contribution in [0.3, 0.4) is 0 Å². The minimum absolute atomic E-state index is 0.129. The molecule has 8 heteroatoms. The van der Waals surface area contributed by atoms with Crippen LogP contribution in [0.5, 0.6) is 0 Å². The molecule has 1 aliphatic rings. The number of ether oxygens (including phenoxy) is 1. The molecule has 160 valence electrons. The fraction of sp³-hybridized carbons (Fsp3) is 0.364. The number of carbonyl (C=O) groups is 2. The van der Waals surface area contributed by atoms with Crippen LogP contribution in [0.15, 0.2) is 36.4 Å². The van der Waals surface area contributed by atoms with Gasteiger partial charge >= 0.3 is 5.97 Å². The van der Waals surface area contributed by atoms with Crippen molar-refractivity contribution in [1.82, 2.24) is 5.32 Å². The Labute approximate surface area is 186 Å². The third-order valence-electron chi connectivity index (χ3n) is 5.24. The number of hydrogen-bond donors (Lipinski definition) is 3. The number of halogens is 2. The lowest BCUT2D eigenvalue weighted by atomic mass is 9.82. The normalized spacial score (nSPS) is 17.6. The van der Waals surface area contributed by atoms with E-state index in [0.717, 1.165) is 18.4 Å². The highest BCUT2D eigenvalue weighted by Gasteiger charge is 2.47. The summed E-state index contributed by atoms with van der Waals surface area (Å²) in [5.41, 5.74) is 7.27. The first kappa shape index (κ1) is 22.4. The van der Waals surface area contributed by atoms with Crippen molar-refractivity contribution in [2.75, 3.05) is 25.5 Å². The third-order valence-corrected chi connectivity index (χ3v) is 5.76. The number of nitrogens with one attached hydrogen (secondary N) is 2. The van der Waals surface area contributed by atoms with Crippen LogP contribution in [0.4, 0.5) is 5.69 Å². The summed E-state index contributed by atoms with van der Waals surface area (Å²) < 4.78 is 5.06. The van der Waals surface area contributed by atoms with Crippen molar-refractivity contribution in [3.8, 4) is 0 Å². The summed E-state index contributed by atoms with van der Waals surface area (Å²) in [5.74, 6) is -0.867. The molecule has 2 aromatic carbocycles. The van der Waals surface area contributed by atoms with E-state index in [1.54, 1.807) is 12.1 Å². The third kappa shape index (κ3) is 4.72. The Balaban J connectivity index is 1.85. The molecule has 1 unspecified atom stereocenters. The number of anilines is 1. The number of methoxy groups -OCH3 is 1. The zero-order chi connectivity index (χ0) is 21.7. The lowest BCUT2D eigenvalue weighted by Crippen LogP contribution is -2.55. The van der Waals surface area contributed by atoms with Gasteiger partial charge in [-0.3, -0.25) is 4.79 Å². The fourth-order valence-electron chi connectivity index (χ4n) is 3.81. The second-order valence-electron chi connectivity index (χ2n) is 7.32. The minimum atomic E-state index is -1.38. The second kappa shape index (κ2) is 9.69. The van der Waals surface area contributed by atoms with Crippen LogP contribution < -0.4 is 16.4 Å². The van der Waals surface area contributed by atoms with E-state index in [0.29, 0.717) is 40.8 Å². The molecule has 6 nitrogen and oxygen atoms in total. The Morgan fingerprint density at radius 2 is 1.90 bits per heavy atom. The van der Waals surface area contributed by atoms with E-state index in [2.05, 4.69) is 10.6 Å². The number of fused-ring (bicyclic) bond motifs is 1. The first-order chi connectivity index (χ1) is 14.4. The minimum Gasteiger partial charge on any atom is -0.467 e. The largest absolute Gasteiger partial charge is 0.467 e. The van der Waals surface area contributed by atoms with E-state index in [9.17, 15) is 9.59 Å². The quantitative estimate of drug-likeness (QED) is 0.562. The number of hydrogen-bond acceptors (Lipinski definition) is 5. The van der Waals surface area contributed by atoms with Crippen molar-refractivity contribution in [3.05, 3.63) is 63.1 Å². The molecular formula is C22H25Cl2N3O3. The van der Waals surface area contributed by atoms with Crippen molar-refractivity contribution >= 4 is 40.8 Å². The zero-order valence-electron chi connectivity index (χ0n) is 16.8. The molecular weight excluding hydrogens is 425 g/mol. The number of nitrogens with two attached hydrogens (primary N) is 1. The van der Waals surface area contributed by atoms with E-state index < -0.39 is 11.5 Å². The first-order valence-corrected chi connectivity index (χ1v) is 10.6. The highest BCUT2D eigenvalue weighted by atomic mass is 35.5. The maximum Gasteiger partial charge on any atom is 0.336 e. The fourth-order valence-corrected chi connectivity index (χ4v) is 4.46. The molecule has 30 heavy (non-hydrogen) atoms. The Morgan fingerprint density at radius 3 is 2.57 bits per heavy atom. The van der Waals surface area contributed by atoms with E-state index in [1.807, 2.05) is 24.3 Å². The van der Waals surface area contributed by atoms with Crippen LogP contribution in [-0.2, 0) is 32.7 Å². The lowest BCUT2D eigenvalue weighted by Gasteiger charge is -2.38. The number of aryl methyl sites for hydroxylation is 1. The topological polar surface area (TPSA) is 93.5 Å². The van der Waals surface area contributed by atoms with Gasteiger partial charge in [0.25, 0.3) is 0 Å². The van der Waals surface area contributed by atoms with Gasteiger partial charge in [0, 0.05) is 29.2 Å². The van der Waals surface area contributed by atoms with Gasteiger partial charge in [0.1, 0.15) is 0 Å². The first-order valence-electron chi connectivity index (χ1n) is 9.80. The molecule has 0 spiro atoms. The summed E-state index contributed by atoms with van der Waals surface area (Å²) in [6, 6.07) is 11.1. The van der Waals surface area contributed by atoms with Crippen molar-refractivity contribution < 1.29 is 14.3 Å². The van der Waals surface area contributed by atoms with Crippen LogP contribution in [-0.4, -0.2) is 32.1 Å². The number of rotatable bonds is 7. The van der Waals surface area contributed by atoms with Gasteiger partial charge < -0.3 is 21.1 Å². The van der Waals surface area contributed by atoms with E-state index in [1.165, 1.54) is 12.7 Å². The number of benzene rings is 2. The molecule has 1 atom stereocenters. The van der Waals surface area contributed by atoms with Gasteiger partial charge in [-0.2, -0.15) is 0 Å². The van der Waals surface area contributed by atoms with E-state index >= 15 is 0 Å². The van der Waals surface area contributed by atoms with Crippen LogP contribution in [0.1, 0.15) is 29.5 Å². The van der Waals surface area contributed by atoms with Gasteiger partial charge in [-0.15, -0.1) is 0 Å². The Bertz CT molecular complexity index is 934. The summed E-state index contributed by atoms with van der Waals surface area (Å²) >= 11 is 12.6. The van der Waals surface area contributed by atoms with Gasteiger partial charge in [0.2, 0.25) is 5.91 Å². The molecule has 0 bridgehead atoms. The van der Waals surface area contributed by atoms with Crippen molar-refractivity contribution in [2.24, 2.45) is 5.73 Å². The predicted molar refractivity (Wildman–Crippen MR) is 119 cm³/mol. The van der Waals surface area contributed by atoms with Gasteiger partial charge in [0.15, 0.2) is 5.54 Å². The number of esters is 1. The van der Waals surface area contributed by atoms with Crippen molar-refractivity contribution in [1.29, 1.82) is 0 Å². The van der Waals surface area contributed by atoms with Gasteiger partial charge in [-0.1, -0.05) is 47.5 Å². The molecule has 0 fully saturated rings.